The van der Waals surface area contributed by atoms with Crippen molar-refractivity contribution in [3.8, 4) is 62.1 Å². The van der Waals surface area contributed by atoms with Gasteiger partial charge in [0.25, 0.3) is 0 Å². The van der Waals surface area contributed by atoms with E-state index in [2.05, 4.69) is 145 Å². The fourth-order valence-corrected chi connectivity index (χ4v) is 9.23. The van der Waals surface area contributed by atoms with E-state index in [9.17, 15) is 0 Å². The lowest BCUT2D eigenvalue weighted by Crippen LogP contribution is -2.18. The molecule has 0 fully saturated rings. The van der Waals surface area contributed by atoms with Crippen LogP contribution in [-0.4, -0.2) is 24.5 Å². The predicted octanol–water partition coefficient (Wildman–Crippen LogP) is 13.1. The summed E-state index contributed by atoms with van der Waals surface area (Å²) in [5.41, 5.74) is 15.2. The minimum atomic E-state index is -0.319. The molecule has 1 aliphatic heterocycles. The fraction of sp³-hybridized carbons (Fsp3) is 0.0566. The monoisotopic (exact) mass is 756 g/mol. The van der Waals surface area contributed by atoms with Crippen LogP contribution in [-0.2, 0) is 5.41 Å². The minimum Gasteiger partial charge on any atom is -0.280 e. The van der Waals surface area contributed by atoms with Gasteiger partial charge in [-0.05, 0) is 81.6 Å². The van der Waals surface area contributed by atoms with E-state index in [1.54, 1.807) is 0 Å². The third kappa shape index (κ3) is 5.13. The molecule has 0 unspecified atom stereocenters. The average molecular weight is 757 g/mol. The highest BCUT2D eigenvalue weighted by Gasteiger charge is 2.38. The predicted molar refractivity (Wildman–Crippen MR) is 240 cm³/mol. The molecule has 0 amide bonds. The van der Waals surface area contributed by atoms with Gasteiger partial charge in [0.15, 0.2) is 17.5 Å². The quantitative estimate of drug-likeness (QED) is 0.179. The summed E-state index contributed by atoms with van der Waals surface area (Å²) in [4.78, 5) is 22.8. The number of aromatic nitrogens is 5. The second-order valence-corrected chi connectivity index (χ2v) is 16.0. The highest BCUT2D eigenvalue weighted by Crippen LogP contribution is 2.53. The van der Waals surface area contributed by atoms with Gasteiger partial charge in [-0.3, -0.25) is 9.47 Å². The van der Waals surface area contributed by atoms with E-state index in [1.807, 2.05) is 60.7 Å². The molecule has 8 aromatic carbocycles. The minimum absolute atomic E-state index is 0.319. The lowest BCUT2D eigenvalue weighted by Gasteiger charge is -2.27. The van der Waals surface area contributed by atoms with Crippen LogP contribution in [0.2, 0.25) is 0 Å². The van der Waals surface area contributed by atoms with Crippen molar-refractivity contribution in [2.45, 2.75) is 19.3 Å². The summed E-state index contributed by atoms with van der Waals surface area (Å²) in [6.07, 6.45) is 0. The Balaban J connectivity index is 1.02. The molecule has 6 heteroatoms. The Morgan fingerprint density at radius 3 is 1.71 bits per heavy atom. The largest absolute Gasteiger partial charge is 0.280 e. The number of benzene rings is 8. The highest BCUT2D eigenvalue weighted by molar-refractivity contribution is 6.01. The van der Waals surface area contributed by atoms with Crippen molar-refractivity contribution in [2.24, 2.45) is 0 Å². The SMILES string of the molecule is CC1(C)c2cc(-c3nc(-c4ccccc4)nc(-c4ccccc4)n3)ccc2-c2ccc(N3c4ccccc4-c4cc5ccccc5cc4-n4c3nc3ccccc34)cc21. The molecule has 278 valence electrons. The summed E-state index contributed by atoms with van der Waals surface area (Å²) in [7, 11) is 0. The average Bonchev–Trinajstić information content (AvgIpc) is 3.74. The maximum atomic E-state index is 5.39. The van der Waals surface area contributed by atoms with Crippen LogP contribution in [0.4, 0.5) is 17.3 Å². The second kappa shape index (κ2) is 12.7. The van der Waals surface area contributed by atoms with Gasteiger partial charge in [-0.15, -0.1) is 0 Å². The summed E-state index contributed by atoms with van der Waals surface area (Å²) in [5.74, 6) is 2.82. The molecule has 0 saturated carbocycles. The van der Waals surface area contributed by atoms with E-state index in [-0.39, 0.29) is 5.41 Å². The number of nitrogens with zero attached hydrogens (tertiary/aromatic N) is 6. The van der Waals surface area contributed by atoms with Crippen LogP contribution in [0.5, 0.6) is 0 Å². The van der Waals surface area contributed by atoms with E-state index in [0.29, 0.717) is 17.5 Å². The molecule has 0 radical (unpaired) electrons. The van der Waals surface area contributed by atoms with Crippen LogP contribution >= 0.6 is 0 Å². The van der Waals surface area contributed by atoms with Gasteiger partial charge in [-0.2, -0.15) is 0 Å². The molecular formula is C53H36N6. The summed E-state index contributed by atoms with van der Waals surface area (Å²) in [5, 5.41) is 2.41. The Labute approximate surface area is 341 Å². The molecule has 59 heavy (non-hydrogen) atoms. The zero-order valence-corrected chi connectivity index (χ0v) is 32.5. The van der Waals surface area contributed by atoms with E-state index in [0.717, 1.165) is 56.3 Å². The smallest absolute Gasteiger partial charge is 0.220 e. The third-order valence-corrected chi connectivity index (χ3v) is 12.2. The lowest BCUT2D eigenvalue weighted by atomic mass is 9.81. The first-order chi connectivity index (χ1) is 29.0. The van der Waals surface area contributed by atoms with Gasteiger partial charge in [0, 0.05) is 38.9 Å². The maximum Gasteiger partial charge on any atom is 0.220 e. The van der Waals surface area contributed by atoms with Crippen molar-refractivity contribution in [2.75, 3.05) is 4.90 Å². The molecular weight excluding hydrogens is 721 g/mol. The van der Waals surface area contributed by atoms with E-state index in [4.69, 9.17) is 19.9 Å². The molecule has 3 heterocycles. The first-order valence-corrected chi connectivity index (χ1v) is 20.1. The summed E-state index contributed by atoms with van der Waals surface area (Å²) in [6.45, 7) is 4.66. The number of anilines is 3. The Hall–Kier alpha value is -7.70. The maximum absolute atomic E-state index is 5.39. The molecule has 6 nitrogen and oxygen atoms in total. The van der Waals surface area contributed by atoms with Crippen LogP contribution in [0.25, 0.3) is 83.9 Å². The standard InChI is InChI=1S/C53H36N6/c1-53(2)43-30-37(51-56-49(33-15-5-3-6-16-33)55-50(57-51)34-17-7-4-8-18-34)25-27-39(43)40-28-26-38(32-44(40)53)58-46-23-13-11-21-41(46)42-29-35-19-9-10-20-36(35)31-48(42)59-47-24-14-12-22-45(47)54-52(58)59/h3-32H,1-2H3. The topological polar surface area (TPSA) is 59.7 Å². The van der Waals surface area contributed by atoms with Crippen LogP contribution in [0.1, 0.15) is 25.0 Å². The summed E-state index contributed by atoms with van der Waals surface area (Å²) >= 11 is 0. The summed E-state index contributed by atoms with van der Waals surface area (Å²) in [6, 6.07) is 64.4. The zero-order valence-electron chi connectivity index (χ0n) is 32.5. The zero-order chi connectivity index (χ0) is 39.2. The van der Waals surface area contributed by atoms with Crippen LogP contribution in [0, 0.1) is 0 Å². The molecule has 2 aliphatic rings. The molecule has 2 aromatic heterocycles. The lowest BCUT2D eigenvalue weighted by molar-refractivity contribution is 0.660. The Morgan fingerprint density at radius 2 is 0.983 bits per heavy atom. The van der Waals surface area contributed by atoms with Crippen LogP contribution in [0.3, 0.4) is 0 Å². The van der Waals surface area contributed by atoms with Crippen molar-refractivity contribution < 1.29 is 0 Å². The van der Waals surface area contributed by atoms with Gasteiger partial charge in [-0.25, -0.2) is 19.9 Å². The molecule has 1 aliphatic carbocycles. The molecule has 12 rings (SSSR count). The van der Waals surface area contributed by atoms with Gasteiger partial charge < -0.3 is 0 Å². The van der Waals surface area contributed by atoms with Crippen LogP contribution in [0.15, 0.2) is 182 Å². The van der Waals surface area contributed by atoms with Crippen molar-refractivity contribution in [3.05, 3.63) is 193 Å². The molecule has 0 spiro atoms. The molecule has 10 aromatic rings. The Bertz CT molecular complexity index is 3250. The Morgan fingerprint density at radius 1 is 0.407 bits per heavy atom. The number of para-hydroxylation sites is 3. The highest BCUT2D eigenvalue weighted by atomic mass is 15.3. The van der Waals surface area contributed by atoms with Gasteiger partial charge in [-0.1, -0.05) is 147 Å². The van der Waals surface area contributed by atoms with Crippen LogP contribution < -0.4 is 4.90 Å². The van der Waals surface area contributed by atoms with Gasteiger partial charge >= 0.3 is 0 Å². The van der Waals surface area contributed by atoms with Gasteiger partial charge in [0.1, 0.15) is 0 Å². The van der Waals surface area contributed by atoms with Crippen molar-refractivity contribution in [1.29, 1.82) is 0 Å². The van der Waals surface area contributed by atoms with E-state index < -0.39 is 0 Å². The number of hydrogen-bond acceptors (Lipinski definition) is 5. The first-order valence-electron chi connectivity index (χ1n) is 20.1. The van der Waals surface area contributed by atoms with E-state index in [1.165, 1.54) is 38.6 Å². The van der Waals surface area contributed by atoms with E-state index >= 15 is 0 Å². The Kier molecular flexibility index (Phi) is 7.17. The molecule has 0 bridgehead atoms. The van der Waals surface area contributed by atoms with Crippen molar-refractivity contribution in [1.82, 2.24) is 24.5 Å². The number of rotatable bonds is 4. The van der Waals surface area contributed by atoms with Crippen molar-refractivity contribution in [3.63, 3.8) is 0 Å². The molecule has 0 saturated heterocycles. The first kappa shape index (κ1) is 33.4. The molecule has 0 N–H and O–H groups in total. The number of hydrogen-bond donors (Lipinski definition) is 0. The summed E-state index contributed by atoms with van der Waals surface area (Å²) < 4.78 is 2.35. The van der Waals surface area contributed by atoms with Gasteiger partial charge in [0.05, 0.1) is 22.4 Å². The normalized spacial score (nSPS) is 13.4. The third-order valence-electron chi connectivity index (χ3n) is 12.2. The van der Waals surface area contributed by atoms with Crippen molar-refractivity contribution >= 4 is 39.1 Å². The van der Waals surface area contributed by atoms with Gasteiger partial charge in [0.2, 0.25) is 5.95 Å². The second-order valence-electron chi connectivity index (χ2n) is 16.0. The number of fused-ring (bicyclic) bond motifs is 11. The fourth-order valence-electron chi connectivity index (χ4n) is 9.23. The number of imidazole rings is 1. The molecule has 0 atom stereocenters.